The first-order valence-corrected chi connectivity index (χ1v) is 13.0. The van der Waals surface area contributed by atoms with Crippen LogP contribution in [0.5, 0.6) is 0 Å². The fourth-order valence-corrected chi connectivity index (χ4v) is 4.91. The zero-order valence-electron chi connectivity index (χ0n) is 22.7. The van der Waals surface area contributed by atoms with Gasteiger partial charge in [-0.2, -0.15) is 18.3 Å². The number of halogens is 4. The highest BCUT2D eigenvalue weighted by molar-refractivity contribution is 5.98. The molecular weight excluding hydrogens is 572 g/mol. The fourth-order valence-electron chi connectivity index (χ4n) is 4.91. The summed E-state index contributed by atoms with van der Waals surface area (Å²) in [6.45, 7) is 5.03. The van der Waals surface area contributed by atoms with Gasteiger partial charge < -0.3 is 15.4 Å². The molecule has 1 aromatic carbocycles. The van der Waals surface area contributed by atoms with Crippen LogP contribution in [0.2, 0.25) is 0 Å². The summed E-state index contributed by atoms with van der Waals surface area (Å²) in [5.74, 6) is -2.91. The largest absolute Gasteiger partial charge is 0.458 e. The summed E-state index contributed by atoms with van der Waals surface area (Å²) in [6, 6.07) is 7.28. The third-order valence-corrected chi connectivity index (χ3v) is 6.97. The van der Waals surface area contributed by atoms with Crippen LogP contribution in [0.25, 0.3) is 5.65 Å². The molecule has 0 bridgehead atoms. The SMILES string of the molecule is C=CCOC(=O)c1ccc2c(c1C)CCC2NC(=O)c1cc(C(=O)NCc2cccc(C(F)(F)F)n2)nc2c(F)cnn12. The summed E-state index contributed by atoms with van der Waals surface area (Å²) in [6.07, 6.45) is -1.25. The van der Waals surface area contributed by atoms with Crippen LogP contribution in [0.1, 0.15) is 71.9 Å². The van der Waals surface area contributed by atoms with Crippen LogP contribution in [0.15, 0.2) is 55.3 Å². The van der Waals surface area contributed by atoms with Crippen molar-refractivity contribution in [2.75, 3.05) is 6.61 Å². The summed E-state index contributed by atoms with van der Waals surface area (Å²) in [5, 5.41) is 9.14. The van der Waals surface area contributed by atoms with E-state index in [1.54, 1.807) is 19.1 Å². The molecule has 43 heavy (non-hydrogen) atoms. The average molecular weight is 597 g/mol. The molecule has 1 atom stereocenters. The lowest BCUT2D eigenvalue weighted by Crippen LogP contribution is -2.31. The Morgan fingerprint density at radius 3 is 2.70 bits per heavy atom. The van der Waals surface area contributed by atoms with Gasteiger partial charge in [0.1, 0.15) is 23.7 Å². The van der Waals surface area contributed by atoms with Crippen LogP contribution in [-0.4, -0.2) is 44.0 Å². The molecule has 1 aliphatic rings. The molecule has 1 unspecified atom stereocenters. The molecule has 0 saturated carbocycles. The third kappa shape index (κ3) is 5.94. The molecule has 5 rings (SSSR count). The standard InChI is InChI=1S/C29H24F4N6O4/c1-3-11-43-28(42)18-7-8-19-17(15(18)2)9-10-21(19)38-27(41)23-12-22(37-25-20(30)14-35-39(23)25)26(40)34-13-16-5-4-6-24(36-16)29(31,32)33/h3-8,12,14,21H,1,9-11,13H2,2H3,(H,34,40)(H,38,41). The Balaban J connectivity index is 1.37. The quantitative estimate of drug-likeness (QED) is 0.177. The minimum atomic E-state index is -4.66. The number of amides is 2. The van der Waals surface area contributed by atoms with Crippen LogP contribution in [-0.2, 0) is 23.9 Å². The van der Waals surface area contributed by atoms with E-state index in [4.69, 9.17) is 4.74 Å². The van der Waals surface area contributed by atoms with Crippen molar-refractivity contribution in [2.24, 2.45) is 0 Å². The van der Waals surface area contributed by atoms with Gasteiger partial charge in [-0.05, 0) is 54.7 Å². The van der Waals surface area contributed by atoms with E-state index < -0.39 is 41.5 Å². The Morgan fingerprint density at radius 2 is 1.95 bits per heavy atom. The Morgan fingerprint density at radius 1 is 1.16 bits per heavy atom. The van der Waals surface area contributed by atoms with E-state index in [1.807, 2.05) is 0 Å². The van der Waals surface area contributed by atoms with E-state index in [9.17, 15) is 31.9 Å². The van der Waals surface area contributed by atoms with E-state index in [1.165, 1.54) is 12.1 Å². The van der Waals surface area contributed by atoms with Gasteiger partial charge in [0, 0.05) is 6.07 Å². The lowest BCUT2D eigenvalue weighted by atomic mass is 9.98. The highest BCUT2D eigenvalue weighted by Crippen LogP contribution is 2.35. The lowest BCUT2D eigenvalue weighted by molar-refractivity contribution is -0.141. The predicted molar refractivity (Wildman–Crippen MR) is 144 cm³/mol. The number of rotatable bonds is 8. The second kappa shape index (κ2) is 11.6. The Labute approximate surface area is 241 Å². The van der Waals surface area contributed by atoms with E-state index in [0.29, 0.717) is 18.4 Å². The third-order valence-electron chi connectivity index (χ3n) is 6.97. The number of fused-ring (bicyclic) bond motifs is 2. The monoisotopic (exact) mass is 596 g/mol. The number of hydrogen-bond acceptors (Lipinski definition) is 7. The van der Waals surface area contributed by atoms with Gasteiger partial charge in [-0.1, -0.05) is 24.8 Å². The number of nitrogens with one attached hydrogen (secondary N) is 2. The molecule has 2 N–H and O–H groups in total. The highest BCUT2D eigenvalue weighted by Gasteiger charge is 2.33. The van der Waals surface area contributed by atoms with Crippen molar-refractivity contribution < 1.29 is 36.7 Å². The van der Waals surface area contributed by atoms with Crippen molar-refractivity contribution >= 4 is 23.4 Å². The number of esters is 1. The minimum Gasteiger partial charge on any atom is -0.458 e. The molecule has 3 heterocycles. The number of ether oxygens (including phenoxy) is 1. The van der Waals surface area contributed by atoms with Crippen molar-refractivity contribution in [3.8, 4) is 0 Å². The first-order chi connectivity index (χ1) is 20.5. The molecule has 0 aliphatic heterocycles. The smallest absolute Gasteiger partial charge is 0.433 e. The number of carbonyl (C=O) groups is 3. The van der Waals surface area contributed by atoms with Crippen molar-refractivity contribution in [3.05, 3.63) is 106 Å². The van der Waals surface area contributed by atoms with Gasteiger partial charge in [0.05, 0.1) is 30.0 Å². The number of hydrogen-bond donors (Lipinski definition) is 2. The normalized spacial score (nSPS) is 14.3. The molecule has 0 spiro atoms. The number of pyridine rings is 1. The van der Waals surface area contributed by atoms with Gasteiger partial charge in [-0.25, -0.2) is 23.7 Å². The van der Waals surface area contributed by atoms with Crippen molar-refractivity contribution in [2.45, 2.75) is 38.5 Å². The molecule has 2 amide bonds. The average Bonchev–Trinajstić information content (AvgIpc) is 3.57. The van der Waals surface area contributed by atoms with Crippen molar-refractivity contribution in [1.82, 2.24) is 30.2 Å². The molecule has 222 valence electrons. The predicted octanol–water partition coefficient (Wildman–Crippen LogP) is 4.28. The summed E-state index contributed by atoms with van der Waals surface area (Å²) in [7, 11) is 0. The van der Waals surface area contributed by atoms with E-state index in [0.717, 1.165) is 45.6 Å². The molecule has 0 fully saturated rings. The molecule has 0 radical (unpaired) electrons. The van der Waals surface area contributed by atoms with E-state index in [-0.39, 0.29) is 35.9 Å². The second-order valence-electron chi connectivity index (χ2n) is 9.71. The molecule has 14 heteroatoms. The minimum absolute atomic E-state index is 0.0647. The number of alkyl halides is 3. The molecule has 0 saturated heterocycles. The zero-order chi connectivity index (χ0) is 30.9. The van der Waals surface area contributed by atoms with Crippen LogP contribution in [0, 0.1) is 12.7 Å². The maximum Gasteiger partial charge on any atom is 0.433 e. The van der Waals surface area contributed by atoms with Gasteiger partial charge in [-0.15, -0.1) is 0 Å². The van der Waals surface area contributed by atoms with Crippen molar-refractivity contribution in [1.29, 1.82) is 0 Å². The topological polar surface area (TPSA) is 128 Å². The summed E-state index contributed by atoms with van der Waals surface area (Å²) in [4.78, 5) is 46.2. The van der Waals surface area contributed by atoms with Gasteiger partial charge in [-0.3, -0.25) is 9.59 Å². The fraction of sp³-hybridized carbons (Fsp3) is 0.241. The van der Waals surface area contributed by atoms with E-state index >= 15 is 0 Å². The zero-order valence-corrected chi connectivity index (χ0v) is 22.7. The number of benzene rings is 1. The highest BCUT2D eigenvalue weighted by atomic mass is 19.4. The van der Waals surface area contributed by atoms with Crippen LogP contribution in [0.3, 0.4) is 0 Å². The van der Waals surface area contributed by atoms with Gasteiger partial charge in [0.15, 0.2) is 11.5 Å². The number of carbonyl (C=O) groups excluding carboxylic acids is 3. The van der Waals surface area contributed by atoms with Crippen LogP contribution in [0.4, 0.5) is 17.6 Å². The van der Waals surface area contributed by atoms with E-state index in [2.05, 4.69) is 32.3 Å². The molecule has 10 nitrogen and oxygen atoms in total. The van der Waals surface area contributed by atoms with Crippen molar-refractivity contribution in [3.63, 3.8) is 0 Å². The number of nitrogens with zero attached hydrogens (tertiary/aromatic N) is 4. The summed E-state index contributed by atoms with van der Waals surface area (Å²) in [5.41, 5.74) is 0.725. The van der Waals surface area contributed by atoms with Gasteiger partial charge in [0.25, 0.3) is 11.8 Å². The summed E-state index contributed by atoms with van der Waals surface area (Å²) < 4.78 is 59.5. The van der Waals surface area contributed by atoms with Gasteiger partial charge in [0.2, 0.25) is 0 Å². The number of aromatic nitrogens is 4. The maximum atomic E-state index is 14.5. The molecule has 4 aromatic rings. The Kier molecular flexibility index (Phi) is 7.93. The Hall–Kier alpha value is -5.14. The van der Waals surface area contributed by atoms with Gasteiger partial charge >= 0.3 is 12.1 Å². The van der Waals surface area contributed by atoms with Crippen LogP contribution >= 0.6 is 0 Å². The first-order valence-electron chi connectivity index (χ1n) is 13.0. The molecule has 3 aromatic heterocycles. The first kappa shape index (κ1) is 29.4. The summed E-state index contributed by atoms with van der Waals surface area (Å²) >= 11 is 0. The molecular formula is C29H24F4N6O4. The van der Waals surface area contributed by atoms with Crippen LogP contribution < -0.4 is 10.6 Å². The molecule has 1 aliphatic carbocycles. The Bertz CT molecular complexity index is 1770. The second-order valence-corrected chi connectivity index (χ2v) is 9.71. The lowest BCUT2D eigenvalue weighted by Gasteiger charge is -2.16. The maximum absolute atomic E-state index is 14.5.